The molecule has 3 nitrogen and oxygen atoms in total. The van der Waals surface area contributed by atoms with Crippen molar-refractivity contribution in [3.63, 3.8) is 0 Å². The van der Waals surface area contributed by atoms with E-state index >= 15 is 0 Å². The van der Waals surface area contributed by atoms with Gasteiger partial charge in [-0.2, -0.15) is 0 Å². The van der Waals surface area contributed by atoms with Gasteiger partial charge in [0.1, 0.15) is 0 Å². The zero-order valence-electron chi connectivity index (χ0n) is 11.5. The maximum atomic E-state index is 12.0. The van der Waals surface area contributed by atoms with Crippen LogP contribution in [-0.2, 0) is 4.79 Å². The molecule has 2 aromatic rings. The number of carbonyl (C=O) groups excluding carboxylic acids is 1. The van der Waals surface area contributed by atoms with Crippen LogP contribution in [0.25, 0.3) is 0 Å². The monoisotopic (exact) mass is 376 g/mol. The summed E-state index contributed by atoms with van der Waals surface area (Å²) < 4.78 is 0. The normalized spacial score (nSPS) is 10.4. The number of nitrogens with one attached hydrogen (secondary N) is 2. The highest BCUT2D eigenvalue weighted by molar-refractivity contribution is 6.44. The van der Waals surface area contributed by atoms with Crippen LogP contribution < -0.4 is 10.6 Å². The number of benzene rings is 2. The van der Waals surface area contributed by atoms with Gasteiger partial charge in [-0.25, -0.2) is 0 Å². The van der Waals surface area contributed by atoms with Crippen molar-refractivity contribution in [3.8, 4) is 0 Å². The van der Waals surface area contributed by atoms with Gasteiger partial charge < -0.3 is 10.6 Å². The van der Waals surface area contributed by atoms with E-state index in [9.17, 15) is 4.79 Å². The van der Waals surface area contributed by atoms with Crippen LogP contribution in [0, 0.1) is 6.92 Å². The van der Waals surface area contributed by atoms with Gasteiger partial charge in [-0.15, -0.1) is 0 Å². The molecule has 2 N–H and O–H groups in total. The van der Waals surface area contributed by atoms with Gasteiger partial charge in [0.15, 0.2) is 0 Å². The third-order valence-corrected chi connectivity index (χ3v) is 4.44. The van der Waals surface area contributed by atoms with Gasteiger partial charge in [0.05, 0.1) is 27.3 Å². The second kappa shape index (κ2) is 7.42. The zero-order chi connectivity index (χ0) is 16.3. The van der Waals surface area contributed by atoms with Crippen LogP contribution >= 0.6 is 46.4 Å². The van der Waals surface area contributed by atoms with Crippen molar-refractivity contribution < 1.29 is 4.79 Å². The summed E-state index contributed by atoms with van der Waals surface area (Å²) in [5.41, 5.74) is 2.01. The molecule has 0 aliphatic heterocycles. The summed E-state index contributed by atoms with van der Waals surface area (Å²) in [7, 11) is 0. The van der Waals surface area contributed by atoms with E-state index in [0.29, 0.717) is 31.5 Å². The zero-order valence-corrected chi connectivity index (χ0v) is 14.5. The lowest BCUT2D eigenvalue weighted by molar-refractivity contribution is -0.114. The molecular formula is C15H12Cl4N2O. The predicted molar refractivity (Wildman–Crippen MR) is 94.8 cm³/mol. The second-order valence-electron chi connectivity index (χ2n) is 4.56. The average Bonchev–Trinajstić information content (AvgIpc) is 2.46. The van der Waals surface area contributed by atoms with Crippen molar-refractivity contribution in [2.75, 3.05) is 17.2 Å². The molecule has 0 atom stereocenters. The molecule has 0 aliphatic carbocycles. The van der Waals surface area contributed by atoms with Crippen molar-refractivity contribution in [3.05, 3.63) is 56.0 Å². The molecule has 0 saturated heterocycles. The first-order chi connectivity index (χ1) is 10.4. The second-order valence-corrected chi connectivity index (χ2v) is 6.19. The minimum absolute atomic E-state index is 0.0314. The van der Waals surface area contributed by atoms with Gasteiger partial charge in [0, 0.05) is 10.7 Å². The molecule has 0 saturated carbocycles. The van der Waals surface area contributed by atoms with Gasteiger partial charge in [0.25, 0.3) is 0 Å². The lowest BCUT2D eigenvalue weighted by Crippen LogP contribution is -2.22. The number of rotatable bonds is 4. The summed E-state index contributed by atoms with van der Waals surface area (Å²) in [6.45, 7) is 1.87. The Morgan fingerprint density at radius 2 is 1.64 bits per heavy atom. The minimum Gasteiger partial charge on any atom is -0.375 e. The first kappa shape index (κ1) is 17.2. The molecule has 7 heteroatoms. The van der Waals surface area contributed by atoms with E-state index in [1.165, 1.54) is 6.07 Å². The highest BCUT2D eigenvalue weighted by Crippen LogP contribution is 2.32. The molecule has 0 unspecified atom stereocenters. The first-order valence-corrected chi connectivity index (χ1v) is 7.83. The van der Waals surface area contributed by atoms with Gasteiger partial charge in [-0.05, 0) is 36.8 Å². The van der Waals surface area contributed by atoms with Gasteiger partial charge >= 0.3 is 0 Å². The van der Waals surface area contributed by atoms with E-state index in [1.807, 2.05) is 6.92 Å². The van der Waals surface area contributed by atoms with Crippen molar-refractivity contribution in [2.45, 2.75) is 6.92 Å². The Morgan fingerprint density at radius 3 is 2.36 bits per heavy atom. The quantitative estimate of drug-likeness (QED) is 0.675. The first-order valence-electron chi connectivity index (χ1n) is 6.32. The fourth-order valence-electron chi connectivity index (χ4n) is 1.77. The molecule has 0 heterocycles. The molecule has 116 valence electrons. The van der Waals surface area contributed by atoms with E-state index < -0.39 is 0 Å². The molecular weight excluding hydrogens is 366 g/mol. The summed E-state index contributed by atoms with van der Waals surface area (Å²) >= 11 is 23.8. The highest BCUT2D eigenvalue weighted by Gasteiger charge is 2.09. The minimum atomic E-state index is -0.229. The number of hydrogen-bond acceptors (Lipinski definition) is 2. The van der Waals surface area contributed by atoms with E-state index in [0.717, 1.165) is 5.56 Å². The number of anilines is 2. The van der Waals surface area contributed by atoms with Crippen molar-refractivity contribution in [1.82, 2.24) is 0 Å². The topological polar surface area (TPSA) is 41.1 Å². The molecule has 0 radical (unpaired) electrons. The van der Waals surface area contributed by atoms with Gasteiger partial charge in [-0.1, -0.05) is 52.5 Å². The Bertz CT molecular complexity index is 719. The van der Waals surface area contributed by atoms with Gasteiger partial charge in [0.2, 0.25) is 5.91 Å². The average molecular weight is 378 g/mol. The molecule has 0 spiro atoms. The SMILES string of the molecule is Cc1c(Cl)cccc1NC(=O)CNc1cc(Cl)c(Cl)cc1Cl. The molecule has 0 bridgehead atoms. The van der Waals surface area contributed by atoms with Crippen LogP contribution in [0.1, 0.15) is 5.56 Å². The van der Waals surface area contributed by atoms with Crippen LogP contribution in [0.3, 0.4) is 0 Å². The predicted octanol–water partition coefficient (Wildman–Crippen LogP) is 5.66. The molecule has 2 rings (SSSR count). The lowest BCUT2D eigenvalue weighted by Gasteiger charge is -2.12. The largest absolute Gasteiger partial charge is 0.375 e. The molecule has 22 heavy (non-hydrogen) atoms. The summed E-state index contributed by atoms with van der Waals surface area (Å²) in [4.78, 5) is 12.0. The number of halogens is 4. The Labute approximate surface area is 148 Å². The molecule has 0 aliphatic rings. The fraction of sp³-hybridized carbons (Fsp3) is 0.133. The van der Waals surface area contributed by atoms with E-state index in [1.54, 1.807) is 24.3 Å². The Hall–Kier alpha value is -1.13. The summed E-state index contributed by atoms with van der Waals surface area (Å²) in [6.07, 6.45) is 0. The molecule has 0 fully saturated rings. The number of carbonyl (C=O) groups is 1. The van der Waals surface area contributed by atoms with Crippen LogP contribution in [0.15, 0.2) is 30.3 Å². The number of hydrogen-bond donors (Lipinski definition) is 2. The summed E-state index contributed by atoms with van der Waals surface area (Å²) in [5, 5.41) is 7.40. The number of amides is 1. The third kappa shape index (κ3) is 4.20. The maximum absolute atomic E-state index is 12.0. The van der Waals surface area contributed by atoms with Crippen LogP contribution in [0.4, 0.5) is 11.4 Å². The van der Waals surface area contributed by atoms with E-state index in [4.69, 9.17) is 46.4 Å². The lowest BCUT2D eigenvalue weighted by atomic mass is 10.2. The fourth-order valence-corrected chi connectivity index (χ4v) is 2.56. The van der Waals surface area contributed by atoms with Crippen LogP contribution in [0.5, 0.6) is 0 Å². The van der Waals surface area contributed by atoms with E-state index in [-0.39, 0.29) is 12.5 Å². The summed E-state index contributed by atoms with van der Waals surface area (Å²) in [5.74, 6) is -0.229. The molecule has 2 aromatic carbocycles. The maximum Gasteiger partial charge on any atom is 0.243 e. The smallest absolute Gasteiger partial charge is 0.243 e. The highest BCUT2D eigenvalue weighted by atomic mass is 35.5. The van der Waals surface area contributed by atoms with E-state index in [2.05, 4.69) is 10.6 Å². The Balaban J connectivity index is 2.02. The Morgan fingerprint density at radius 1 is 0.955 bits per heavy atom. The van der Waals surface area contributed by atoms with Gasteiger partial charge in [-0.3, -0.25) is 4.79 Å². The third-order valence-electron chi connectivity index (χ3n) is 2.99. The molecule has 0 aromatic heterocycles. The Kier molecular flexibility index (Phi) is 5.81. The summed E-state index contributed by atoms with van der Waals surface area (Å²) in [6, 6.07) is 8.41. The van der Waals surface area contributed by atoms with Crippen molar-refractivity contribution in [2.24, 2.45) is 0 Å². The van der Waals surface area contributed by atoms with Crippen LogP contribution in [-0.4, -0.2) is 12.5 Å². The molecule has 1 amide bonds. The van der Waals surface area contributed by atoms with Crippen LogP contribution in [0.2, 0.25) is 20.1 Å². The van der Waals surface area contributed by atoms with Crippen molar-refractivity contribution >= 4 is 63.7 Å². The van der Waals surface area contributed by atoms with Crippen molar-refractivity contribution in [1.29, 1.82) is 0 Å². The standard InChI is InChI=1S/C15H12Cl4N2O/c1-8-9(16)3-2-4-13(8)21-15(22)7-20-14-6-11(18)10(17)5-12(14)19/h2-6,20H,7H2,1H3,(H,21,22).